The van der Waals surface area contributed by atoms with Crippen LogP contribution in [-0.4, -0.2) is 68.5 Å². The fraction of sp³-hybridized carbons (Fsp3) is 0.304. The summed E-state index contributed by atoms with van der Waals surface area (Å²) < 4.78 is 4.49. The van der Waals surface area contributed by atoms with Crippen LogP contribution < -0.4 is 26.6 Å². The maximum atomic E-state index is 12.9. The summed E-state index contributed by atoms with van der Waals surface area (Å²) in [5, 5.41) is 25.4. The van der Waals surface area contributed by atoms with Gasteiger partial charge in [-0.05, 0) is 12.1 Å². The number of aryl methyl sites for hydroxylation is 3. The standard InChI is InChI=1S/C23H28N10O5.ClH/c1-30-11-14(8-17(30)20(34)24-4-5-25-23-26-6-7-27-23)28-21(35)18-9-15(12-31(18)2)29-22(36)19-10-16(33(37)38)13-32(19)3;/h8-13H,4-7H2,1-3H3,(H,24,34)(H,28,35)(H,29,36)(H2,25,26,27);1H. The second-order valence-electron chi connectivity index (χ2n) is 8.65. The van der Waals surface area contributed by atoms with E-state index in [9.17, 15) is 24.5 Å². The molecule has 0 atom stereocenters. The van der Waals surface area contributed by atoms with Gasteiger partial charge in [0.25, 0.3) is 23.4 Å². The number of carbonyl (C=O) groups is 3. The van der Waals surface area contributed by atoms with E-state index in [1.165, 1.54) is 34.5 Å². The van der Waals surface area contributed by atoms with Crippen LogP contribution in [0.4, 0.5) is 17.1 Å². The highest BCUT2D eigenvalue weighted by Crippen LogP contribution is 2.20. The Bertz CT molecular complexity index is 1440. The second kappa shape index (κ2) is 12.2. The molecule has 0 saturated heterocycles. The molecule has 208 valence electrons. The van der Waals surface area contributed by atoms with Crippen LogP contribution in [0.2, 0.25) is 0 Å². The SMILES string of the molecule is Cl.Cn1cc(NC(=O)c2cc(NC(=O)c3cc([N+](=O)[O-])cn3C)cn2C)cc1C(=O)NCCNC1=NCCN1. The van der Waals surface area contributed by atoms with Gasteiger partial charge in [0.2, 0.25) is 0 Å². The zero-order valence-corrected chi connectivity index (χ0v) is 22.3. The van der Waals surface area contributed by atoms with Gasteiger partial charge in [-0.25, -0.2) is 0 Å². The third-order valence-corrected chi connectivity index (χ3v) is 5.80. The number of hydrogen-bond acceptors (Lipinski definition) is 8. The first-order valence-electron chi connectivity index (χ1n) is 11.7. The summed E-state index contributed by atoms with van der Waals surface area (Å²) >= 11 is 0. The number of carbonyl (C=O) groups excluding carboxylic acids is 3. The van der Waals surface area contributed by atoms with E-state index in [0.717, 1.165) is 19.0 Å². The van der Waals surface area contributed by atoms with E-state index in [2.05, 4.69) is 31.6 Å². The summed E-state index contributed by atoms with van der Waals surface area (Å²) in [6, 6.07) is 4.22. The van der Waals surface area contributed by atoms with Gasteiger partial charge in [0.05, 0.1) is 29.0 Å². The number of aromatic nitrogens is 3. The molecular weight excluding hydrogens is 532 g/mol. The molecule has 3 amide bonds. The van der Waals surface area contributed by atoms with Crippen LogP contribution in [0.3, 0.4) is 0 Å². The predicted octanol–water partition coefficient (Wildman–Crippen LogP) is 0.815. The highest BCUT2D eigenvalue weighted by atomic mass is 35.5. The molecule has 39 heavy (non-hydrogen) atoms. The van der Waals surface area contributed by atoms with E-state index in [-0.39, 0.29) is 35.4 Å². The molecule has 4 rings (SSSR count). The lowest BCUT2D eigenvalue weighted by molar-refractivity contribution is -0.384. The number of aliphatic imine (C=N–C) groups is 1. The monoisotopic (exact) mass is 560 g/mol. The number of guanidine groups is 1. The van der Waals surface area contributed by atoms with Gasteiger partial charge >= 0.3 is 0 Å². The molecule has 0 saturated carbocycles. The molecule has 0 aromatic carbocycles. The van der Waals surface area contributed by atoms with E-state index < -0.39 is 16.7 Å². The molecule has 1 aliphatic heterocycles. The minimum atomic E-state index is -0.581. The number of rotatable bonds is 9. The number of amides is 3. The molecule has 0 unspecified atom stereocenters. The lowest BCUT2D eigenvalue weighted by Crippen LogP contribution is -2.39. The lowest BCUT2D eigenvalue weighted by Gasteiger charge is -2.08. The smallest absolute Gasteiger partial charge is 0.287 e. The summed E-state index contributed by atoms with van der Waals surface area (Å²) in [5.74, 6) is -0.579. The Balaban J connectivity index is 0.00000420. The van der Waals surface area contributed by atoms with Gasteiger partial charge in [-0.3, -0.25) is 29.5 Å². The second-order valence-corrected chi connectivity index (χ2v) is 8.65. The third kappa shape index (κ3) is 6.75. The van der Waals surface area contributed by atoms with E-state index in [0.29, 0.717) is 30.2 Å². The van der Waals surface area contributed by atoms with Crippen LogP contribution >= 0.6 is 12.4 Å². The number of nitrogens with zero attached hydrogens (tertiary/aromatic N) is 5. The zero-order valence-electron chi connectivity index (χ0n) is 21.5. The van der Waals surface area contributed by atoms with Gasteiger partial charge < -0.3 is 40.3 Å². The molecule has 0 radical (unpaired) electrons. The predicted molar refractivity (Wildman–Crippen MR) is 147 cm³/mol. The first kappa shape index (κ1) is 28.8. The molecular formula is C23H29ClN10O5. The molecule has 16 heteroatoms. The number of nitrogens with one attached hydrogen (secondary N) is 5. The van der Waals surface area contributed by atoms with Crippen molar-refractivity contribution in [1.29, 1.82) is 0 Å². The van der Waals surface area contributed by atoms with E-state index in [4.69, 9.17) is 0 Å². The summed E-state index contributed by atoms with van der Waals surface area (Å²) in [7, 11) is 4.87. The van der Waals surface area contributed by atoms with Crippen LogP contribution in [0.5, 0.6) is 0 Å². The highest BCUT2D eigenvalue weighted by molar-refractivity contribution is 6.07. The molecule has 0 spiro atoms. The maximum absolute atomic E-state index is 12.9. The molecule has 0 bridgehead atoms. The Morgan fingerprint density at radius 3 is 1.95 bits per heavy atom. The number of anilines is 2. The molecule has 0 aliphatic carbocycles. The third-order valence-electron chi connectivity index (χ3n) is 5.80. The van der Waals surface area contributed by atoms with E-state index in [1.807, 2.05) is 0 Å². The molecule has 15 nitrogen and oxygen atoms in total. The van der Waals surface area contributed by atoms with Gasteiger partial charge in [-0.1, -0.05) is 0 Å². The van der Waals surface area contributed by atoms with Crippen LogP contribution in [-0.2, 0) is 21.1 Å². The van der Waals surface area contributed by atoms with Crippen LogP contribution in [0.15, 0.2) is 41.8 Å². The van der Waals surface area contributed by atoms with Gasteiger partial charge in [0.15, 0.2) is 5.96 Å². The normalized spacial score (nSPS) is 12.1. The quantitative estimate of drug-likeness (QED) is 0.146. The van der Waals surface area contributed by atoms with E-state index >= 15 is 0 Å². The molecule has 3 aromatic rings. The minimum Gasteiger partial charge on any atom is -0.355 e. The van der Waals surface area contributed by atoms with Crippen molar-refractivity contribution in [2.24, 2.45) is 26.1 Å². The summed E-state index contributed by atoms with van der Waals surface area (Å²) in [4.78, 5) is 52.7. The Labute approximate surface area is 229 Å². The first-order valence-corrected chi connectivity index (χ1v) is 11.7. The van der Waals surface area contributed by atoms with Crippen molar-refractivity contribution in [3.05, 3.63) is 64.0 Å². The molecule has 5 N–H and O–H groups in total. The number of nitro groups is 1. The maximum Gasteiger partial charge on any atom is 0.287 e. The van der Waals surface area contributed by atoms with Crippen molar-refractivity contribution >= 4 is 53.2 Å². The molecule has 0 fully saturated rings. The summed E-state index contributed by atoms with van der Waals surface area (Å²) in [6.07, 6.45) is 4.41. The Morgan fingerprint density at radius 1 is 0.897 bits per heavy atom. The minimum absolute atomic E-state index is 0. The van der Waals surface area contributed by atoms with Crippen LogP contribution in [0.25, 0.3) is 0 Å². The van der Waals surface area contributed by atoms with Crippen LogP contribution in [0, 0.1) is 10.1 Å². The van der Waals surface area contributed by atoms with Crippen molar-refractivity contribution in [2.75, 3.05) is 36.8 Å². The van der Waals surface area contributed by atoms with Crippen molar-refractivity contribution in [1.82, 2.24) is 29.7 Å². The Hall–Kier alpha value is -4.79. The molecule has 1 aliphatic rings. The molecule has 3 aromatic heterocycles. The Kier molecular flexibility index (Phi) is 8.98. The largest absolute Gasteiger partial charge is 0.355 e. The lowest BCUT2D eigenvalue weighted by atomic mass is 10.3. The average molecular weight is 561 g/mol. The van der Waals surface area contributed by atoms with Crippen LogP contribution in [0.1, 0.15) is 31.5 Å². The van der Waals surface area contributed by atoms with E-state index in [1.54, 1.807) is 37.1 Å². The summed E-state index contributed by atoms with van der Waals surface area (Å²) in [6.45, 7) is 2.43. The number of halogens is 1. The fourth-order valence-corrected chi connectivity index (χ4v) is 3.94. The zero-order chi connectivity index (χ0) is 27.4. The Morgan fingerprint density at radius 2 is 1.44 bits per heavy atom. The first-order chi connectivity index (χ1) is 18.1. The van der Waals surface area contributed by atoms with Crippen molar-refractivity contribution in [3.63, 3.8) is 0 Å². The topological polar surface area (TPSA) is 182 Å². The number of hydrogen-bond donors (Lipinski definition) is 5. The van der Waals surface area contributed by atoms with Gasteiger partial charge in [0.1, 0.15) is 17.1 Å². The van der Waals surface area contributed by atoms with Crippen molar-refractivity contribution < 1.29 is 19.3 Å². The van der Waals surface area contributed by atoms with Gasteiger partial charge in [0, 0.05) is 59.2 Å². The average Bonchev–Trinajstić information content (AvgIpc) is 3.64. The van der Waals surface area contributed by atoms with Gasteiger partial charge in [-0.15, -0.1) is 12.4 Å². The highest BCUT2D eigenvalue weighted by Gasteiger charge is 2.20. The van der Waals surface area contributed by atoms with Crippen molar-refractivity contribution in [3.8, 4) is 0 Å². The molecule has 4 heterocycles. The van der Waals surface area contributed by atoms with Crippen molar-refractivity contribution in [2.45, 2.75) is 0 Å². The van der Waals surface area contributed by atoms with Gasteiger partial charge in [-0.2, -0.15) is 0 Å². The summed E-state index contributed by atoms with van der Waals surface area (Å²) in [5.41, 5.74) is 1.28. The fourth-order valence-electron chi connectivity index (χ4n) is 3.94.